The van der Waals surface area contributed by atoms with E-state index >= 15 is 0 Å². The van der Waals surface area contributed by atoms with Gasteiger partial charge in [-0.05, 0) is 43.9 Å². The van der Waals surface area contributed by atoms with Gasteiger partial charge in [-0.25, -0.2) is 0 Å². The van der Waals surface area contributed by atoms with Crippen molar-refractivity contribution >= 4 is 29.1 Å². The number of carbonyl (C=O) groups is 2. The number of carbonyl (C=O) groups excluding carboxylic acids is 2. The van der Waals surface area contributed by atoms with E-state index < -0.39 is 17.4 Å². The molecule has 1 aromatic rings. The van der Waals surface area contributed by atoms with Crippen molar-refractivity contribution in [3.8, 4) is 5.75 Å². The average Bonchev–Trinajstić information content (AvgIpc) is 3.22. The first-order chi connectivity index (χ1) is 9.49. The third-order valence-electron chi connectivity index (χ3n) is 3.62. The lowest BCUT2D eigenvalue weighted by atomic mass is 10.0. The molecule has 1 heterocycles. The Kier molecular flexibility index (Phi) is 3.09. The van der Waals surface area contributed by atoms with E-state index in [1.165, 1.54) is 6.92 Å². The smallest absolute Gasteiger partial charge is 0.278 e. The molecule has 0 unspecified atom stereocenters. The van der Waals surface area contributed by atoms with Crippen LogP contribution in [0.4, 0.5) is 5.69 Å². The molecule has 1 saturated carbocycles. The number of nitrogens with one attached hydrogen (secondary N) is 2. The van der Waals surface area contributed by atoms with E-state index in [1.807, 2.05) is 0 Å². The number of hydrogen-bond acceptors (Lipinski definition) is 3. The van der Waals surface area contributed by atoms with E-state index in [0.29, 0.717) is 28.9 Å². The fourth-order valence-corrected chi connectivity index (χ4v) is 2.25. The van der Waals surface area contributed by atoms with Gasteiger partial charge in [0.1, 0.15) is 5.75 Å². The number of benzene rings is 1. The molecule has 1 atom stereocenters. The van der Waals surface area contributed by atoms with Crippen molar-refractivity contribution in [2.45, 2.75) is 25.4 Å². The monoisotopic (exact) mass is 294 g/mol. The van der Waals surface area contributed by atoms with Gasteiger partial charge in [0.15, 0.2) is 0 Å². The van der Waals surface area contributed by atoms with Crippen LogP contribution in [0.3, 0.4) is 0 Å². The molecule has 2 aliphatic rings. The quantitative estimate of drug-likeness (QED) is 0.837. The molecular weight excluding hydrogens is 280 g/mol. The Hall–Kier alpha value is -1.75. The van der Waals surface area contributed by atoms with Gasteiger partial charge in [-0.3, -0.25) is 9.59 Å². The second kappa shape index (κ2) is 4.66. The minimum absolute atomic E-state index is 0.414. The summed E-state index contributed by atoms with van der Waals surface area (Å²) in [6.07, 6.45) is 2.26. The zero-order valence-electron chi connectivity index (χ0n) is 11.0. The maximum Gasteiger partial charge on any atom is 0.278 e. The molecule has 0 aromatic heterocycles. The predicted molar refractivity (Wildman–Crippen MR) is 74.8 cm³/mol. The third-order valence-corrected chi connectivity index (χ3v) is 3.85. The Morgan fingerprint density at radius 2 is 2.30 bits per heavy atom. The van der Waals surface area contributed by atoms with Crippen LogP contribution in [0.15, 0.2) is 18.2 Å². The molecule has 2 amide bonds. The van der Waals surface area contributed by atoms with Crippen LogP contribution in [0.25, 0.3) is 0 Å². The first-order valence-electron chi connectivity index (χ1n) is 6.57. The molecule has 1 aromatic carbocycles. The van der Waals surface area contributed by atoms with Crippen LogP contribution >= 0.6 is 11.6 Å². The van der Waals surface area contributed by atoms with Gasteiger partial charge in [0.05, 0.1) is 5.69 Å². The number of anilines is 1. The zero-order chi connectivity index (χ0) is 14.3. The Morgan fingerprint density at radius 3 is 3.00 bits per heavy atom. The maximum absolute atomic E-state index is 12.2. The molecular formula is C14H15ClN2O3. The highest BCUT2D eigenvalue weighted by atomic mass is 35.5. The van der Waals surface area contributed by atoms with E-state index in [4.69, 9.17) is 16.3 Å². The Morgan fingerprint density at radius 1 is 1.55 bits per heavy atom. The van der Waals surface area contributed by atoms with Gasteiger partial charge < -0.3 is 15.4 Å². The lowest BCUT2D eigenvalue weighted by molar-refractivity contribution is -0.146. The van der Waals surface area contributed by atoms with Crippen molar-refractivity contribution in [3.05, 3.63) is 23.2 Å². The first-order valence-corrected chi connectivity index (χ1v) is 6.95. The summed E-state index contributed by atoms with van der Waals surface area (Å²) in [5, 5.41) is 5.94. The summed E-state index contributed by atoms with van der Waals surface area (Å²) in [7, 11) is 0. The van der Waals surface area contributed by atoms with Gasteiger partial charge in [0.25, 0.3) is 17.4 Å². The molecule has 2 N–H and O–H groups in total. The molecule has 1 aliphatic heterocycles. The summed E-state index contributed by atoms with van der Waals surface area (Å²) in [6.45, 7) is 2.07. The molecule has 3 rings (SSSR count). The summed E-state index contributed by atoms with van der Waals surface area (Å²) in [6, 6.07) is 4.89. The number of amides is 2. The van der Waals surface area contributed by atoms with E-state index in [1.54, 1.807) is 18.2 Å². The predicted octanol–water partition coefficient (Wildman–Crippen LogP) is 1.96. The molecule has 1 fully saturated rings. The van der Waals surface area contributed by atoms with Crippen molar-refractivity contribution in [2.24, 2.45) is 5.92 Å². The topological polar surface area (TPSA) is 67.4 Å². The third kappa shape index (κ3) is 2.33. The van der Waals surface area contributed by atoms with E-state index in [0.717, 1.165) is 12.8 Å². The van der Waals surface area contributed by atoms with Crippen LogP contribution in [-0.2, 0) is 9.59 Å². The van der Waals surface area contributed by atoms with Crippen molar-refractivity contribution in [2.75, 3.05) is 11.9 Å². The molecule has 6 heteroatoms. The summed E-state index contributed by atoms with van der Waals surface area (Å²) >= 11 is 5.86. The van der Waals surface area contributed by atoms with E-state index in [2.05, 4.69) is 10.6 Å². The van der Waals surface area contributed by atoms with Crippen LogP contribution in [0, 0.1) is 5.92 Å². The largest absolute Gasteiger partial charge is 0.466 e. The standard InChI is InChI=1S/C14H15ClN2O3/c1-14(12(18)16-7-8-2-3-8)13(19)17-10-6-9(15)4-5-11(10)20-14/h4-6,8H,2-3,7H2,1H3,(H,16,18)(H,17,19)/t14-/m0/s1. The summed E-state index contributed by atoms with van der Waals surface area (Å²) in [5.74, 6) is 0.0847. The van der Waals surface area contributed by atoms with Gasteiger partial charge in [-0.15, -0.1) is 0 Å². The molecule has 0 bridgehead atoms. The number of hydrogen-bond donors (Lipinski definition) is 2. The van der Waals surface area contributed by atoms with Gasteiger partial charge in [-0.2, -0.15) is 0 Å². The van der Waals surface area contributed by atoms with Crippen molar-refractivity contribution < 1.29 is 14.3 Å². The highest BCUT2D eigenvalue weighted by Crippen LogP contribution is 2.35. The molecule has 0 saturated heterocycles. The summed E-state index contributed by atoms with van der Waals surface area (Å²) in [4.78, 5) is 24.4. The Labute approximate surface area is 121 Å². The molecule has 0 radical (unpaired) electrons. The summed E-state index contributed by atoms with van der Waals surface area (Å²) < 4.78 is 5.62. The second-order valence-corrected chi connectivity index (χ2v) is 5.82. The number of fused-ring (bicyclic) bond motifs is 1. The van der Waals surface area contributed by atoms with Gasteiger partial charge >= 0.3 is 0 Å². The normalized spacial score (nSPS) is 24.4. The molecule has 5 nitrogen and oxygen atoms in total. The van der Waals surface area contributed by atoms with Gasteiger partial charge in [0.2, 0.25) is 0 Å². The van der Waals surface area contributed by atoms with Crippen molar-refractivity contribution in [3.63, 3.8) is 0 Å². The van der Waals surface area contributed by atoms with Crippen LogP contribution in [0.1, 0.15) is 19.8 Å². The van der Waals surface area contributed by atoms with Crippen molar-refractivity contribution in [1.82, 2.24) is 5.32 Å². The van der Waals surface area contributed by atoms with Crippen LogP contribution < -0.4 is 15.4 Å². The molecule has 0 spiro atoms. The molecule has 1 aliphatic carbocycles. The number of rotatable bonds is 3. The molecule has 20 heavy (non-hydrogen) atoms. The first kappa shape index (κ1) is 13.2. The lowest BCUT2D eigenvalue weighted by Gasteiger charge is -2.33. The van der Waals surface area contributed by atoms with Gasteiger partial charge in [-0.1, -0.05) is 11.6 Å². The zero-order valence-corrected chi connectivity index (χ0v) is 11.8. The fourth-order valence-electron chi connectivity index (χ4n) is 2.07. The highest BCUT2D eigenvalue weighted by molar-refractivity contribution is 6.31. The van der Waals surface area contributed by atoms with E-state index in [9.17, 15) is 9.59 Å². The Balaban J connectivity index is 1.80. The van der Waals surface area contributed by atoms with Crippen LogP contribution in [0.5, 0.6) is 5.75 Å². The SMILES string of the molecule is C[C@@]1(C(=O)NCC2CC2)Oc2ccc(Cl)cc2NC1=O. The van der Waals surface area contributed by atoms with Crippen LogP contribution in [0.2, 0.25) is 5.02 Å². The van der Waals surface area contributed by atoms with Crippen LogP contribution in [-0.4, -0.2) is 24.0 Å². The average molecular weight is 295 g/mol. The minimum atomic E-state index is -1.55. The minimum Gasteiger partial charge on any atom is -0.466 e. The highest BCUT2D eigenvalue weighted by Gasteiger charge is 2.47. The second-order valence-electron chi connectivity index (χ2n) is 5.38. The van der Waals surface area contributed by atoms with E-state index in [-0.39, 0.29) is 0 Å². The molecule has 106 valence electrons. The lowest BCUT2D eigenvalue weighted by Crippen LogP contribution is -2.58. The number of halogens is 1. The fraction of sp³-hybridized carbons (Fsp3) is 0.429. The maximum atomic E-state index is 12.2. The number of ether oxygens (including phenoxy) is 1. The van der Waals surface area contributed by atoms with Crippen molar-refractivity contribution in [1.29, 1.82) is 0 Å². The van der Waals surface area contributed by atoms with Gasteiger partial charge in [0, 0.05) is 11.6 Å². The summed E-state index contributed by atoms with van der Waals surface area (Å²) in [5.41, 5.74) is -1.06. The Bertz CT molecular complexity index is 586.